The second kappa shape index (κ2) is 10.3. The van der Waals surface area contributed by atoms with Crippen molar-refractivity contribution in [1.29, 1.82) is 0 Å². The zero-order valence-corrected chi connectivity index (χ0v) is 21.6. The number of fused-ring (bicyclic) bond motifs is 1. The first-order chi connectivity index (χ1) is 17.3. The van der Waals surface area contributed by atoms with E-state index < -0.39 is 10.0 Å². The number of rotatable bonds is 6. The van der Waals surface area contributed by atoms with Crippen LogP contribution in [-0.2, 0) is 14.8 Å². The third kappa shape index (κ3) is 5.20. The van der Waals surface area contributed by atoms with Gasteiger partial charge in [0.25, 0.3) is 15.9 Å². The molecule has 1 unspecified atom stereocenters. The van der Waals surface area contributed by atoms with E-state index in [2.05, 4.69) is 14.6 Å². The molecule has 3 aromatic rings. The van der Waals surface area contributed by atoms with Crippen LogP contribution < -0.4 is 4.72 Å². The van der Waals surface area contributed by atoms with Gasteiger partial charge in [0.15, 0.2) is 0 Å². The Morgan fingerprint density at radius 3 is 2.78 bits per heavy atom. The van der Waals surface area contributed by atoms with E-state index >= 15 is 0 Å². The lowest BCUT2D eigenvalue weighted by atomic mass is 10.1. The average Bonchev–Trinajstić information content (AvgIpc) is 3.36. The molecule has 2 aliphatic heterocycles. The molecule has 0 radical (unpaired) electrons. The van der Waals surface area contributed by atoms with Crippen LogP contribution in [0.15, 0.2) is 59.6 Å². The number of nitrogens with zero attached hydrogens (tertiary/aromatic N) is 3. The second-order valence-corrected chi connectivity index (χ2v) is 11.5. The number of aromatic nitrogens is 1. The van der Waals surface area contributed by atoms with Gasteiger partial charge in [0.2, 0.25) is 0 Å². The van der Waals surface area contributed by atoms with Crippen LogP contribution in [0.3, 0.4) is 0 Å². The summed E-state index contributed by atoms with van der Waals surface area (Å²) in [5, 5.41) is 0.930. The molecule has 2 atom stereocenters. The number of piperazine rings is 1. The predicted octanol–water partition coefficient (Wildman–Crippen LogP) is 3.87. The molecule has 1 aromatic heterocycles. The summed E-state index contributed by atoms with van der Waals surface area (Å²) in [7, 11) is -3.92. The lowest BCUT2D eigenvalue weighted by Crippen LogP contribution is -2.54. The summed E-state index contributed by atoms with van der Waals surface area (Å²) in [5.74, 6) is 0.416. The minimum absolute atomic E-state index is 0.0432. The summed E-state index contributed by atoms with van der Waals surface area (Å²) in [6.45, 7) is 6.92. The first-order valence-electron chi connectivity index (χ1n) is 12.1. The fourth-order valence-electron chi connectivity index (χ4n) is 5.00. The number of nitrogens with one attached hydrogen (secondary N) is 1. The van der Waals surface area contributed by atoms with E-state index in [-0.39, 0.29) is 27.6 Å². The summed E-state index contributed by atoms with van der Waals surface area (Å²) in [6.07, 6.45) is 2.65. The number of carbonyl (C=O) groups excluding carboxylic acids is 1. The van der Waals surface area contributed by atoms with Crippen LogP contribution in [0, 0.1) is 5.92 Å². The number of hydrogen-bond donors (Lipinski definition) is 1. The molecule has 1 amide bonds. The van der Waals surface area contributed by atoms with Crippen molar-refractivity contribution < 1.29 is 17.9 Å². The third-order valence-electron chi connectivity index (χ3n) is 6.85. The molecule has 0 spiro atoms. The molecule has 10 heteroatoms. The van der Waals surface area contributed by atoms with Crippen molar-refractivity contribution in [1.82, 2.24) is 14.8 Å². The smallest absolute Gasteiger partial charge is 0.264 e. The zero-order valence-electron chi connectivity index (χ0n) is 20.1. The van der Waals surface area contributed by atoms with Gasteiger partial charge in [-0.25, -0.2) is 8.42 Å². The Bertz CT molecular complexity index is 1370. The van der Waals surface area contributed by atoms with E-state index in [0.717, 1.165) is 44.7 Å². The van der Waals surface area contributed by atoms with Gasteiger partial charge in [0.05, 0.1) is 28.4 Å². The summed E-state index contributed by atoms with van der Waals surface area (Å²) in [6, 6.07) is 13.2. The standard InChI is InChI=1S/C26H29ClN4O4S/c1-18-15-30(16-19-9-13-35-17-19)11-12-31(18)26(32)22-8-7-21(14-23(22)27)29-36(33,34)24-6-2-4-20-5-3-10-28-25(20)24/h2-8,10,14,18-19,29H,9,11-13,15-17H2,1H3/t18-,19?/m1/s1. The van der Waals surface area contributed by atoms with Gasteiger partial charge < -0.3 is 9.64 Å². The van der Waals surface area contributed by atoms with Gasteiger partial charge in [-0.1, -0.05) is 29.8 Å². The van der Waals surface area contributed by atoms with Gasteiger partial charge >= 0.3 is 0 Å². The maximum atomic E-state index is 13.3. The second-order valence-electron chi connectivity index (χ2n) is 9.47. The van der Waals surface area contributed by atoms with E-state index in [1.165, 1.54) is 12.1 Å². The summed E-state index contributed by atoms with van der Waals surface area (Å²) in [4.78, 5) is 21.9. The van der Waals surface area contributed by atoms with Crippen LogP contribution in [0.5, 0.6) is 0 Å². The number of hydrogen-bond acceptors (Lipinski definition) is 6. The normalized spacial score (nSPS) is 21.1. The molecule has 2 aliphatic rings. The Balaban J connectivity index is 1.28. The van der Waals surface area contributed by atoms with Crippen LogP contribution in [0.1, 0.15) is 23.7 Å². The highest BCUT2D eigenvalue weighted by molar-refractivity contribution is 7.93. The van der Waals surface area contributed by atoms with Crippen molar-refractivity contribution in [3.8, 4) is 0 Å². The number of carbonyl (C=O) groups is 1. The molecular weight excluding hydrogens is 500 g/mol. The molecule has 0 bridgehead atoms. The largest absolute Gasteiger partial charge is 0.381 e. The van der Waals surface area contributed by atoms with E-state index in [1.54, 1.807) is 30.5 Å². The van der Waals surface area contributed by atoms with Gasteiger partial charge in [-0.15, -0.1) is 0 Å². The molecule has 0 aliphatic carbocycles. The number of para-hydroxylation sites is 1. The van der Waals surface area contributed by atoms with Crippen molar-refractivity contribution in [2.45, 2.75) is 24.3 Å². The molecule has 190 valence electrons. The lowest BCUT2D eigenvalue weighted by molar-refractivity contribution is 0.0452. The molecule has 5 rings (SSSR count). The number of ether oxygens (including phenoxy) is 1. The van der Waals surface area contributed by atoms with Crippen molar-refractivity contribution in [2.24, 2.45) is 5.92 Å². The van der Waals surface area contributed by atoms with Gasteiger partial charge in [-0.05, 0) is 49.6 Å². The van der Waals surface area contributed by atoms with Crippen LogP contribution in [0.4, 0.5) is 5.69 Å². The fourth-order valence-corrected chi connectivity index (χ4v) is 6.49. The summed E-state index contributed by atoms with van der Waals surface area (Å²) < 4.78 is 34.3. The van der Waals surface area contributed by atoms with E-state index in [4.69, 9.17) is 16.3 Å². The maximum Gasteiger partial charge on any atom is 0.264 e. The van der Waals surface area contributed by atoms with Crippen LogP contribution in [0.2, 0.25) is 5.02 Å². The highest BCUT2D eigenvalue weighted by Gasteiger charge is 2.31. The van der Waals surface area contributed by atoms with Crippen molar-refractivity contribution in [3.63, 3.8) is 0 Å². The molecule has 1 N–H and O–H groups in total. The Morgan fingerprint density at radius 2 is 2.03 bits per heavy atom. The first-order valence-corrected chi connectivity index (χ1v) is 13.9. The SMILES string of the molecule is C[C@@H]1CN(CC2CCOC2)CCN1C(=O)c1ccc(NS(=O)(=O)c2cccc3cccnc23)cc1Cl. The van der Waals surface area contributed by atoms with Crippen LogP contribution >= 0.6 is 11.6 Å². The maximum absolute atomic E-state index is 13.3. The van der Waals surface area contributed by atoms with Gasteiger partial charge in [0.1, 0.15) is 4.90 Å². The highest BCUT2D eigenvalue weighted by atomic mass is 35.5. The Hall–Kier alpha value is -2.72. The number of amides is 1. The minimum atomic E-state index is -3.92. The molecule has 2 fully saturated rings. The number of pyridine rings is 1. The summed E-state index contributed by atoms with van der Waals surface area (Å²) >= 11 is 6.48. The number of anilines is 1. The molecule has 0 saturated carbocycles. The van der Waals surface area contributed by atoms with Gasteiger partial charge in [0, 0.05) is 50.4 Å². The van der Waals surface area contributed by atoms with Gasteiger partial charge in [-0.2, -0.15) is 0 Å². The van der Waals surface area contributed by atoms with E-state index in [1.807, 2.05) is 24.0 Å². The minimum Gasteiger partial charge on any atom is -0.381 e. The number of benzene rings is 2. The third-order valence-corrected chi connectivity index (χ3v) is 8.58. The van der Waals surface area contributed by atoms with E-state index in [0.29, 0.717) is 23.5 Å². The highest BCUT2D eigenvalue weighted by Crippen LogP contribution is 2.28. The number of halogens is 1. The predicted molar refractivity (Wildman–Crippen MR) is 140 cm³/mol. The fraction of sp³-hybridized carbons (Fsp3) is 0.385. The quantitative estimate of drug-likeness (QED) is 0.522. The number of sulfonamides is 1. The topological polar surface area (TPSA) is 91.8 Å². The Morgan fingerprint density at radius 1 is 1.19 bits per heavy atom. The van der Waals surface area contributed by atoms with Crippen molar-refractivity contribution in [2.75, 3.05) is 44.1 Å². The molecule has 2 aromatic carbocycles. The summed E-state index contributed by atoms with van der Waals surface area (Å²) in [5.41, 5.74) is 1.02. The van der Waals surface area contributed by atoms with Gasteiger partial charge in [-0.3, -0.25) is 19.4 Å². The molecular formula is C26H29ClN4O4S. The zero-order chi connectivity index (χ0) is 25.3. The molecule has 36 heavy (non-hydrogen) atoms. The molecule has 3 heterocycles. The van der Waals surface area contributed by atoms with Crippen molar-refractivity contribution >= 4 is 44.1 Å². The molecule has 2 saturated heterocycles. The van der Waals surface area contributed by atoms with Crippen molar-refractivity contribution in [3.05, 3.63) is 65.3 Å². The van der Waals surface area contributed by atoms with E-state index in [9.17, 15) is 13.2 Å². The Kier molecular flexibility index (Phi) is 7.16. The van der Waals surface area contributed by atoms with Crippen LogP contribution in [0.25, 0.3) is 10.9 Å². The average molecular weight is 529 g/mol. The Labute approximate surface area is 216 Å². The molecule has 8 nitrogen and oxygen atoms in total. The lowest BCUT2D eigenvalue weighted by Gasteiger charge is -2.40. The first kappa shape index (κ1) is 25.0. The monoisotopic (exact) mass is 528 g/mol. The van der Waals surface area contributed by atoms with Crippen LogP contribution in [-0.4, -0.2) is 74.5 Å².